The molecule has 120 valence electrons. The quantitative estimate of drug-likeness (QED) is 0.541. The van der Waals surface area contributed by atoms with E-state index in [1.807, 2.05) is 58.6 Å². The average Bonchev–Trinajstić information content (AvgIpc) is 3.21. The Kier molecular flexibility index (Phi) is 3.57. The number of rotatable bonds is 3. The molecular weight excluding hydrogens is 370 g/mol. The number of imidazole rings is 1. The van der Waals surface area contributed by atoms with E-state index in [0.29, 0.717) is 0 Å². The summed E-state index contributed by atoms with van der Waals surface area (Å²) >= 11 is 3.50. The topological polar surface area (TPSA) is 57.2 Å². The third-order valence-corrected chi connectivity index (χ3v) is 4.43. The Hall–Kier alpha value is -2.67. The van der Waals surface area contributed by atoms with Crippen LogP contribution in [0, 0.1) is 6.92 Å². The van der Waals surface area contributed by atoms with Gasteiger partial charge in [-0.1, -0.05) is 0 Å². The van der Waals surface area contributed by atoms with Gasteiger partial charge in [-0.3, -0.25) is 4.40 Å². The van der Waals surface area contributed by atoms with Crippen LogP contribution in [0.2, 0.25) is 0 Å². The van der Waals surface area contributed by atoms with E-state index in [4.69, 9.17) is 4.74 Å². The Morgan fingerprint density at radius 3 is 2.79 bits per heavy atom. The van der Waals surface area contributed by atoms with Crippen LogP contribution in [0.15, 0.2) is 53.5 Å². The summed E-state index contributed by atoms with van der Waals surface area (Å²) in [5.74, 6) is 1.51. The highest BCUT2D eigenvalue weighted by molar-refractivity contribution is 9.10. The zero-order chi connectivity index (χ0) is 16.7. The molecule has 0 aliphatic carbocycles. The summed E-state index contributed by atoms with van der Waals surface area (Å²) < 4.78 is 10.4. The van der Waals surface area contributed by atoms with Crippen LogP contribution < -0.4 is 4.74 Å². The largest absolute Gasteiger partial charge is 0.495 e. The summed E-state index contributed by atoms with van der Waals surface area (Å²) in [5.41, 5.74) is 3.59. The predicted molar refractivity (Wildman–Crippen MR) is 94.5 cm³/mol. The van der Waals surface area contributed by atoms with E-state index < -0.39 is 0 Å². The molecule has 0 amide bonds. The predicted octanol–water partition coefficient (Wildman–Crippen LogP) is 3.66. The molecule has 0 atom stereocenters. The monoisotopic (exact) mass is 383 g/mol. The van der Waals surface area contributed by atoms with Crippen molar-refractivity contribution < 1.29 is 4.74 Å². The molecule has 0 saturated carbocycles. The van der Waals surface area contributed by atoms with E-state index in [0.717, 1.165) is 38.6 Å². The summed E-state index contributed by atoms with van der Waals surface area (Å²) in [6.45, 7) is 1.96. The number of benzene rings is 1. The summed E-state index contributed by atoms with van der Waals surface area (Å²) in [4.78, 5) is 4.27. The molecule has 24 heavy (non-hydrogen) atoms. The molecule has 0 aliphatic heterocycles. The van der Waals surface area contributed by atoms with Gasteiger partial charge in [-0.2, -0.15) is 0 Å². The normalized spacial score (nSPS) is 11.1. The van der Waals surface area contributed by atoms with Gasteiger partial charge in [0.25, 0.3) is 0 Å². The van der Waals surface area contributed by atoms with Crippen LogP contribution in [0.1, 0.15) is 5.69 Å². The Morgan fingerprint density at radius 2 is 2.04 bits per heavy atom. The molecule has 7 heteroatoms. The number of nitrogens with zero attached hydrogens (tertiary/aromatic N) is 5. The van der Waals surface area contributed by atoms with Crippen molar-refractivity contribution in [3.8, 4) is 22.8 Å². The van der Waals surface area contributed by atoms with E-state index in [-0.39, 0.29) is 0 Å². The molecule has 0 unspecified atom stereocenters. The van der Waals surface area contributed by atoms with Gasteiger partial charge >= 0.3 is 0 Å². The minimum atomic E-state index is 0.747. The number of aryl methyl sites for hydroxylation is 1. The van der Waals surface area contributed by atoms with E-state index in [1.165, 1.54) is 0 Å². The lowest BCUT2D eigenvalue weighted by Crippen LogP contribution is -1.97. The van der Waals surface area contributed by atoms with E-state index in [2.05, 4.69) is 31.1 Å². The Labute approximate surface area is 146 Å². The number of aromatic nitrogens is 5. The number of pyridine rings is 1. The van der Waals surface area contributed by atoms with Crippen molar-refractivity contribution in [2.45, 2.75) is 6.92 Å². The van der Waals surface area contributed by atoms with Gasteiger partial charge in [0.1, 0.15) is 5.75 Å². The van der Waals surface area contributed by atoms with Crippen LogP contribution in [0.4, 0.5) is 0 Å². The minimum absolute atomic E-state index is 0.747. The Balaban J connectivity index is 1.86. The van der Waals surface area contributed by atoms with Crippen molar-refractivity contribution in [3.05, 3.63) is 59.2 Å². The molecule has 6 nitrogen and oxygen atoms in total. The fraction of sp³-hybridized carbons (Fsp3) is 0.118. The highest BCUT2D eigenvalue weighted by atomic mass is 79.9. The third-order valence-electron chi connectivity index (χ3n) is 3.81. The first-order valence-corrected chi connectivity index (χ1v) is 8.15. The highest BCUT2D eigenvalue weighted by Gasteiger charge is 2.13. The average molecular weight is 384 g/mol. The molecule has 1 aromatic carbocycles. The summed E-state index contributed by atoms with van der Waals surface area (Å²) in [7, 11) is 1.66. The second kappa shape index (κ2) is 5.76. The number of ether oxygens (including phenoxy) is 1. The van der Waals surface area contributed by atoms with Crippen molar-refractivity contribution in [1.82, 2.24) is 24.1 Å². The van der Waals surface area contributed by atoms with Gasteiger partial charge in [0.15, 0.2) is 11.5 Å². The SMILES string of the molecule is COc1cc(-c2nnc3c(Br)cccn23)ccc1-n1cnc(C)c1. The van der Waals surface area contributed by atoms with Crippen LogP contribution >= 0.6 is 15.9 Å². The maximum atomic E-state index is 5.57. The van der Waals surface area contributed by atoms with Crippen LogP contribution in [0.25, 0.3) is 22.7 Å². The molecule has 0 N–H and O–H groups in total. The van der Waals surface area contributed by atoms with Crippen LogP contribution in [0.3, 0.4) is 0 Å². The first kappa shape index (κ1) is 14.9. The van der Waals surface area contributed by atoms with Gasteiger partial charge in [-0.15, -0.1) is 10.2 Å². The second-order valence-corrected chi connectivity index (χ2v) is 6.24. The fourth-order valence-electron chi connectivity index (χ4n) is 2.66. The van der Waals surface area contributed by atoms with Gasteiger partial charge in [-0.05, 0) is 53.2 Å². The van der Waals surface area contributed by atoms with E-state index in [1.54, 1.807) is 13.4 Å². The summed E-state index contributed by atoms with van der Waals surface area (Å²) in [6, 6.07) is 9.85. The number of hydrogen-bond acceptors (Lipinski definition) is 4. The number of hydrogen-bond donors (Lipinski definition) is 0. The van der Waals surface area contributed by atoms with E-state index in [9.17, 15) is 0 Å². The van der Waals surface area contributed by atoms with Gasteiger partial charge in [-0.25, -0.2) is 4.98 Å². The zero-order valence-electron chi connectivity index (χ0n) is 13.1. The molecule has 4 rings (SSSR count). The van der Waals surface area contributed by atoms with Crippen LogP contribution in [-0.2, 0) is 0 Å². The first-order chi connectivity index (χ1) is 11.7. The molecule has 0 bridgehead atoms. The van der Waals surface area contributed by atoms with E-state index >= 15 is 0 Å². The van der Waals surface area contributed by atoms with Crippen LogP contribution in [-0.4, -0.2) is 31.3 Å². The summed E-state index contributed by atoms with van der Waals surface area (Å²) in [5, 5.41) is 8.56. The molecule has 0 radical (unpaired) electrons. The molecular formula is C17H14BrN5O. The lowest BCUT2D eigenvalue weighted by Gasteiger charge is -2.10. The molecule has 3 aromatic heterocycles. The van der Waals surface area contributed by atoms with Crippen molar-refractivity contribution in [1.29, 1.82) is 0 Å². The number of fused-ring (bicyclic) bond motifs is 1. The molecule has 0 fully saturated rings. The number of methoxy groups -OCH3 is 1. The minimum Gasteiger partial charge on any atom is -0.495 e. The third kappa shape index (κ3) is 2.37. The standard InChI is InChI=1S/C17H14BrN5O/c1-11-9-22(10-19-11)14-6-5-12(8-15(14)24-2)16-20-21-17-13(18)4-3-7-23(16)17/h3-10H,1-2H3. The van der Waals surface area contributed by atoms with Crippen molar-refractivity contribution in [2.75, 3.05) is 7.11 Å². The lowest BCUT2D eigenvalue weighted by atomic mass is 10.1. The number of halogens is 1. The molecule has 0 saturated heterocycles. The van der Waals surface area contributed by atoms with Gasteiger partial charge in [0.05, 0.1) is 29.3 Å². The van der Waals surface area contributed by atoms with Gasteiger partial charge in [0.2, 0.25) is 0 Å². The van der Waals surface area contributed by atoms with Crippen molar-refractivity contribution in [2.24, 2.45) is 0 Å². The molecule has 4 aromatic rings. The maximum Gasteiger partial charge on any atom is 0.175 e. The van der Waals surface area contributed by atoms with Gasteiger partial charge < -0.3 is 9.30 Å². The van der Waals surface area contributed by atoms with Crippen LogP contribution in [0.5, 0.6) is 5.75 Å². The van der Waals surface area contributed by atoms with Crippen molar-refractivity contribution >= 4 is 21.6 Å². The maximum absolute atomic E-state index is 5.57. The lowest BCUT2D eigenvalue weighted by molar-refractivity contribution is 0.413. The summed E-state index contributed by atoms with van der Waals surface area (Å²) in [6.07, 6.45) is 5.67. The van der Waals surface area contributed by atoms with Crippen molar-refractivity contribution in [3.63, 3.8) is 0 Å². The van der Waals surface area contributed by atoms with Gasteiger partial charge in [0, 0.05) is 18.0 Å². The second-order valence-electron chi connectivity index (χ2n) is 5.38. The smallest absolute Gasteiger partial charge is 0.175 e. The molecule has 0 spiro atoms. The zero-order valence-corrected chi connectivity index (χ0v) is 14.7. The first-order valence-electron chi connectivity index (χ1n) is 7.36. The fourth-order valence-corrected chi connectivity index (χ4v) is 3.09. The molecule has 0 aliphatic rings. The Morgan fingerprint density at radius 1 is 1.17 bits per heavy atom. The molecule has 3 heterocycles. The Bertz CT molecular complexity index is 1040. The highest BCUT2D eigenvalue weighted by Crippen LogP contribution is 2.30.